The Balaban J connectivity index is 1.97. The van der Waals surface area contributed by atoms with Crippen molar-refractivity contribution in [3.05, 3.63) is 29.3 Å². The molecule has 0 spiro atoms. The van der Waals surface area contributed by atoms with Crippen molar-refractivity contribution in [3.8, 4) is 0 Å². The molecule has 4 N–H and O–H groups in total. The first kappa shape index (κ1) is 18.9. The number of hydrogen-bond donors (Lipinski definition) is 4. The number of hydrogen-bond acceptors (Lipinski definition) is 6. The number of ketones is 1. The molecule has 136 valence electrons. The van der Waals surface area contributed by atoms with E-state index >= 15 is 0 Å². The molecule has 0 saturated carbocycles. The molecule has 8 nitrogen and oxygen atoms in total. The highest BCUT2D eigenvalue weighted by Gasteiger charge is 2.33. The van der Waals surface area contributed by atoms with E-state index in [2.05, 4.69) is 10.6 Å². The van der Waals surface area contributed by atoms with Crippen LogP contribution in [0.2, 0.25) is 0 Å². The van der Waals surface area contributed by atoms with E-state index in [0.29, 0.717) is 5.69 Å². The van der Waals surface area contributed by atoms with E-state index in [1.165, 1.54) is 6.07 Å². The van der Waals surface area contributed by atoms with Crippen molar-refractivity contribution < 1.29 is 29.3 Å². The van der Waals surface area contributed by atoms with Crippen LogP contribution in [0.3, 0.4) is 0 Å². The molecule has 1 heterocycles. The average molecular weight is 350 g/mol. The molecule has 1 aromatic rings. The first-order valence-electron chi connectivity index (χ1n) is 7.91. The van der Waals surface area contributed by atoms with E-state index in [1.54, 1.807) is 32.9 Å². The Morgan fingerprint density at radius 2 is 1.96 bits per heavy atom. The largest absolute Gasteiger partial charge is 0.444 e. The predicted octanol–water partition coefficient (Wildman–Crippen LogP) is 1.13. The number of aliphatic hydroxyl groups excluding tert-OH is 2. The van der Waals surface area contributed by atoms with E-state index in [9.17, 15) is 24.6 Å². The first-order valence-corrected chi connectivity index (χ1v) is 7.91. The Labute approximate surface area is 145 Å². The molecule has 1 aliphatic rings. The van der Waals surface area contributed by atoms with Gasteiger partial charge in [0.15, 0.2) is 0 Å². The third-order valence-corrected chi connectivity index (χ3v) is 3.57. The number of nitrogens with one attached hydrogen (secondary N) is 2. The van der Waals surface area contributed by atoms with Gasteiger partial charge in [0.05, 0.1) is 17.4 Å². The fourth-order valence-corrected chi connectivity index (χ4v) is 2.47. The summed E-state index contributed by atoms with van der Waals surface area (Å²) in [5.74, 6) is -1.51. The predicted molar refractivity (Wildman–Crippen MR) is 89.2 cm³/mol. The molecule has 0 fully saturated rings. The first-order chi connectivity index (χ1) is 11.6. The lowest BCUT2D eigenvalue weighted by Crippen LogP contribution is -2.34. The molecule has 1 aromatic carbocycles. The van der Waals surface area contributed by atoms with Gasteiger partial charge in [-0.3, -0.25) is 9.59 Å². The summed E-state index contributed by atoms with van der Waals surface area (Å²) in [6.45, 7) is 5.27. The molecule has 25 heavy (non-hydrogen) atoms. The molecular weight excluding hydrogens is 328 g/mol. The number of benzene rings is 1. The summed E-state index contributed by atoms with van der Waals surface area (Å²) >= 11 is 0. The third kappa shape index (κ3) is 4.55. The summed E-state index contributed by atoms with van der Waals surface area (Å²) in [6, 6.07) is 4.60. The van der Waals surface area contributed by atoms with Crippen LogP contribution in [0, 0.1) is 0 Å². The van der Waals surface area contributed by atoms with Crippen LogP contribution in [0.5, 0.6) is 0 Å². The number of amides is 2. The lowest BCUT2D eigenvalue weighted by molar-refractivity contribution is -0.112. The topological polar surface area (TPSA) is 125 Å². The zero-order chi connectivity index (χ0) is 18.8. The number of carbonyl (C=O) groups excluding carboxylic acids is 3. The second-order valence-corrected chi connectivity index (χ2v) is 6.78. The quantitative estimate of drug-likeness (QED) is 0.590. The van der Waals surface area contributed by atoms with Crippen LogP contribution in [-0.2, 0) is 9.53 Å². The van der Waals surface area contributed by atoms with Crippen molar-refractivity contribution in [2.75, 3.05) is 11.9 Å². The van der Waals surface area contributed by atoms with Gasteiger partial charge in [-0.25, -0.2) is 4.79 Å². The molecule has 0 aromatic heterocycles. The number of Topliss-reactive ketones (excluding diaryl/α,β-unsaturated/α-hetero) is 1. The molecule has 0 radical (unpaired) electrons. The number of alkyl carbamates (subject to hydrolysis) is 1. The van der Waals surface area contributed by atoms with Crippen molar-refractivity contribution in [1.82, 2.24) is 5.32 Å². The molecule has 1 aliphatic heterocycles. The number of aliphatic hydroxyl groups is 2. The second kappa shape index (κ2) is 7.20. The highest BCUT2D eigenvalue weighted by atomic mass is 16.6. The summed E-state index contributed by atoms with van der Waals surface area (Å²) in [4.78, 5) is 34.9. The summed E-state index contributed by atoms with van der Waals surface area (Å²) in [5.41, 5.74) is -0.0809. The summed E-state index contributed by atoms with van der Waals surface area (Å²) < 4.78 is 5.07. The molecule has 2 atom stereocenters. The SMILES string of the molecule is CC(C)(C)OC(=O)NCCC(O)C(O)c1cccc2c1C(=O)C(=O)N2. The van der Waals surface area contributed by atoms with Crippen LogP contribution >= 0.6 is 0 Å². The van der Waals surface area contributed by atoms with E-state index in [0.717, 1.165) is 0 Å². The van der Waals surface area contributed by atoms with Gasteiger partial charge in [-0.2, -0.15) is 0 Å². The van der Waals surface area contributed by atoms with Crippen molar-refractivity contribution in [2.24, 2.45) is 0 Å². The number of carbonyl (C=O) groups is 3. The smallest absolute Gasteiger partial charge is 0.407 e. The minimum Gasteiger partial charge on any atom is -0.444 e. The number of anilines is 1. The summed E-state index contributed by atoms with van der Waals surface area (Å²) in [6.07, 6.45) is -3.18. The zero-order valence-corrected chi connectivity index (χ0v) is 14.3. The van der Waals surface area contributed by atoms with Crippen LogP contribution in [0.25, 0.3) is 0 Å². The van der Waals surface area contributed by atoms with Crippen molar-refractivity contribution >= 4 is 23.5 Å². The van der Waals surface area contributed by atoms with E-state index < -0.39 is 35.6 Å². The Morgan fingerprint density at radius 3 is 2.60 bits per heavy atom. The van der Waals surface area contributed by atoms with Crippen LogP contribution in [-0.4, -0.2) is 46.2 Å². The van der Waals surface area contributed by atoms with Crippen LogP contribution in [0.1, 0.15) is 49.2 Å². The molecule has 2 unspecified atom stereocenters. The Morgan fingerprint density at radius 1 is 1.28 bits per heavy atom. The van der Waals surface area contributed by atoms with Crippen molar-refractivity contribution in [1.29, 1.82) is 0 Å². The van der Waals surface area contributed by atoms with Crippen molar-refractivity contribution in [3.63, 3.8) is 0 Å². The zero-order valence-electron chi connectivity index (χ0n) is 14.3. The van der Waals surface area contributed by atoms with Gasteiger partial charge >= 0.3 is 6.09 Å². The third-order valence-electron chi connectivity index (χ3n) is 3.57. The minimum absolute atomic E-state index is 0.0413. The molecule has 8 heteroatoms. The molecule has 0 bridgehead atoms. The Hall–Kier alpha value is -2.45. The molecule has 0 saturated heterocycles. The van der Waals surface area contributed by atoms with Gasteiger partial charge in [-0.05, 0) is 38.8 Å². The highest BCUT2D eigenvalue weighted by Crippen LogP contribution is 2.31. The molecular formula is C17H22N2O6. The maximum Gasteiger partial charge on any atom is 0.407 e. The van der Waals surface area contributed by atoms with Gasteiger partial charge < -0.3 is 25.6 Å². The molecule has 2 rings (SSSR count). The van der Waals surface area contributed by atoms with Crippen LogP contribution in [0.4, 0.5) is 10.5 Å². The standard InChI is InChI=1S/C17H22N2O6/c1-17(2,3)25-16(24)18-8-7-11(20)13(21)9-5-4-6-10-12(9)14(22)15(23)19-10/h4-6,11,13,20-21H,7-8H2,1-3H3,(H,18,24)(H,19,22,23). The van der Waals surface area contributed by atoms with Gasteiger partial charge in [0.25, 0.3) is 11.7 Å². The highest BCUT2D eigenvalue weighted by molar-refractivity contribution is 6.52. The molecule has 2 amide bonds. The van der Waals surface area contributed by atoms with Gasteiger partial charge in [-0.1, -0.05) is 12.1 Å². The van der Waals surface area contributed by atoms with Crippen molar-refractivity contribution in [2.45, 2.75) is 45.0 Å². The Kier molecular flexibility index (Phi) is 5.44. The van der Waals surface area contributed by atoms with Crippen LogP contribution < -0.4 is 10.6 Å². The summed E-state index contributed by atoms with van der Waals surface area (Å²) in [7, 11) is 0. The lowest BCUT2D eigenvalue weighted by atomic mass is 9.95. The maximum atomic E-state index is 11.9. The van der Waals surface area contributed by atoms with E-state index in [4.69, 9.17) is 4.74 Å². The maximum absolute atomic E-state index is 11.9. The van der Waals surface area contributed by atoms with Gasteiger partial charge in [0.2, 0.25) is 0 Å². The lowest BCUT2D eigenvalue weighted by Gasteiger charge is -2.22. The average Bonchev–Trinajstić information content (AvgIpc) is 2.79. The van der Waals surface area contributed by atoms with Crippen LogP contribution in [0.15, 0.2) is 18.2 Å². The summed E-state index contributed by atoms with van der Waals surface area (Å²) in [5, 5.41) is 25.4. The Bertz CT molecular complexity index is 695. The normalized spacial score (nSPS) is 16.0. The number of rotatable bonds is 5. The minimum atomic E-state index is -1.37. The fraction of sp³-hybridized carbons (Fsp3) is 0.471. The van der Waals surface area contributed by atoms with E-state index in [1.807, 2.05) is 0 Å². The fourth-order valence-electron chi connectivity index (χ4n) is 2.47. The second-order valence-electron chi connectivity index (χ2n) is 6.78. The molecule has 0 aliphatic carbocycles. The van der Waals surface area contributed by atoms with E-state index in [-0.39, 0.29) is 24.1 Å². The number of fused-ring (bicyclic) bond motifs is 1. The van der Waals surface area contributed by atoms with Gasteiger partial charge in [-0.15, -0.1) is 0 Å². The number of ether oxygens (including phenoxy) is 1. The monoisotopic (exact) mass is 350 g/mol. The van der Waals surface area contributed by atoms with Gasteiger partial charge in [0.1, 0.15) is 11.7 Å². The van der Waals surface area contributed by atoms with Gasteiger partial charge in [0, 0.05) is 6.54 Å².